The van der Waals surface area contributed by atoms with Gasteiger partial charge in [-0.3, -0.25) is 0 Å². The second-order valence-corrected chi connectivity index (χ2v) is 3.46. The second-order valence-electron chi connectivity index (χ2n) is 3.46. The molecule has 0 unspecified atom stereocenters. The molecule has 0 N–H and O–H groups in total. The number of benzene rings is 1. The van der Waals surface area contributed by atoms with Crippen LogP contribution in [0.25, 0.3) is 0 Å². The molecular weight excluding hydrogens is 202 g/mol. The maximum Gasteiger partial charge on any atom is 0.113 e. The highest BCUT2D eigenvalue weighted by Crippen LogP contribution is 2.13. The monoisotopic (exact) mass is 221 g/mol. The van der Waals surface area contributed by atoms with Gasteiger partial charge in [-0.2, -0.15) is 0 Å². The lowest BCUT2D eigenvalue weighted by atomic mass is 10.2. The average Bonchev–Trinajstić information content (AvgIpc) is 2.28. The van der Waals surface area contributed by atoms with Gasteiger partial charge in [-0.25, -0.2) is 0 Å². The molecule has 0 saturated heterocycles. The summed E-state index contributed by atoms with van der Waals surface area (Å²) < 4.78 is 5.20. The van der Waals surface area contributed by atoms with Crippen LogP contribution in [0.15, 0.2) is 41.8 Å². The first-order valence-electron chi connectivity index (χ1n) is 5.34. The summed E-state index contributed by atoms with van der Waals surface area (Å²) in [6, 6.07) is 6.92. The molecule has 0 amide bonds. The molecule has 1 aromatic carbocycles. The maximum atomic E-state index is 10.1. The Labute approximate surface area is 97.1 Å². The van der Waals surface area contributed by atoms with Gasteiger partial charge in [-0.15, -0.1) is 4.91 Å². The van der Waals surface area contributed by atoms with Gasteiger partial charge in [0.2, 0.25) is 0 Å². The molecule has 0 atom stereocenters. The highest BCUT2D eigenvalue weighted by atomic mass is 16.5. The maximum absolute atomic E-state index is 10.1. The fourth-order valence-corrected chi connectivity index (χ4v) is 0.860. The van der Waals surface area contributed by atoms with Gasteiger partial charge >= 0.3 is 0 Å². The van der Waals surface area contributed by atoms with Crippen molar-refractivity contribution in [3.05, 3.63) is 47.1 Å². The van der Waals surface area contributed by atoms with Crippen molar-refractivity contribution in [2.24, 2.45) is 5.18 Å². The molecule has 0 bridgehead atoms. The number of hydrogen-bond donors (Lipinski definition) is 0. The van der Waals surface area contributed by atoms with Gasteiger partial charge in [0, 0.05) is 0 Å². The van der Waals surface area contributed by atoms with E-state index in [-0.39, 0.29) is 0 Å². The van der Waals surface area contributed by atoms with E-state index in [2.05, 4.69) is 25.6 Å². The van der Waals surface area contributed by atoms with Gasteiger partial charge in [-0.1, -0.05) is 39.0 Å². The Kier molecular flexibility index (Phi) is 7.76. The SMILES string of the molecule is C=C(C)OCc1ccc(N=O)cc1.CCC. The Balaban J connectivity index is 0.000000673. The van der Waals surface area contributed by atoms with Gasteiger partial charge in [0.15, 0.2) is 0 Å². The predicted octanol–water partition coefficient (Wildman–Crippen LogP) is 4.55. The van der Waals surface area contributed by atoms with Crippen molar-refractivity contribution in [1.29, 1.82) is 0 Å². The molecule has 1 aromatic rings. The molecule has 16 heavy (non-hydrogen) atoms. The van der Waals surface area contributed by atoms with E-state index in [1.165, 1.54) is 6.42 Å². The number of allylic oxidation sites excluding steroid dienone is 1. The fourth-order valence-electron chi connectivity index (χ4n) is 0.860. The Morgan fingerprint density at radius 2 is 1.81 bits per heavy atom. The molecule has 0 heterocycles. The standard InChI is InChI=1S/C10H11NO2.C3H8/c1-8(2)13-7-9-3-5-10(11-12)6-4-9;1-3-2/h3-6H,1,7H2,2H3;3H2,1-2H3. The molecule has 0 saturated carbocycles. The summed E-state index contributed by atoms with van der Waals surface area (Å²) >= 11 is 0. The summed E-state index contributed by atoms with van der Waals surface area (Å²) in [5.41, 5.74) is 1.43. The molecule has 0 radical (unpaired) electrons. The number of ether oxygens (including phenoxy) is 1. The topological polar surface area (TPSA) is 38.7 Å². The largest absolute Gasteiger partial charge is 0.494 e. The summed E-state index contributed by atoms with van der Waals surface area (Å²) in [7, 11) is 0. The van der Waals surface area contributed by atoms with Crippen molar-refractivity contribution in [3.63, 3.8) is 0 Å². The van der Waals surface area contributed by atoms with Crippen LogP contribution in [0, 0.1) is 4.91 Å². The number of hydrogen-bond acceptors (Lipinski definition) is 3. The van der Waals surface area contributed by atoms with Crippen molar-refractivity contribution < 1.29 is 4.74 Å². The van der Waals surface area contributed by atoms with Crippen LogP contribution in [-0.4, -0.2) is 0 Å². The summed E-state index contributed by atoms with van der Waals surface area (Å²) in [4.78, 5) is 10.1. The Hall–Kier alpha value is -1.64. The molecule has 0 fully saturated rings. The normalized spacial score (nSPS) is 8.69. The van der Waals surface area contributed by atoms with E-state index in [1.807, 2.05) is 0 Å². The zero-order valence-corrected chi connectivity index (χ0v) is 10.2. The summed E-state index contributed by atoms with van der Waals surface area (Å²) in [5.74, 6) is 0.678. The Morgan fingerprint density at radius 1 is 1.31 bits per heavy atom. The highest BCUT2D eigenvalue weighted by Gasteiger charge is 1.94. The zero-order chi connectivity index (χ0) is 12.4. The van der Waals surface area contributed by atoms with Crippen LogP contribution >= 0.6 is 0 Å². The summed E-state index contributed by atoms with van der Waals surface area (Å²) in [6.07, 6.45) is 1.25. The fraction of sp³-hybridized carbons (Fsp3) is 0.385. The highest BCUT2D eigenvalue weighted by molar-refractivity contribution is 5.38. The molecule has 0 aliphatic carbocycles. The minimum atomic E-state index is 0.430. The quantitative estimate of drug-likeness (QED) is 0.552. The number of nitrogens with zero attached hydrogens (tertiary/aromatic N) is 1. The van der Waals surface area contributed by atoms with E-state index < -0.39 is 0 Å². The average molecular weight is 221 g/mol. The van der Waals surface area contributed by atoms with E-state index in [0.29, 0.717) is 18.1 Å². The van der Waals surface area contributed by atoms with Gasteiger partial charge in [0.1, 0.15) is 12.3 Å². The molecule has 0 aliphatic heterocycles. The minimum absolute atomic E-state index is 0.430. The lowest BCUT2D eigenvalue weighted by Gasteiger charge is -2.04. The van der Waals surface area contributed by atoms with E-state index in [1.54, 1.807) is 31.2 Å². The van der Waals surface area contributed by atoms with E-state index >= 15 is 0 Å². The smallest absolute Gasteiger partial charge is 0.113 e. The summed E-state index contributed by atoms with van der Waals surface area (Å²) in [6.45, 7) is 10.1. The van der Waals surface area contributed by atoms with Gasteiger partial charge < -0.3 is 4.74 Å². The van der Waals surface area contributed by atoms with Crippen LogP contribution in [0.3, 0.4) is 0 Å². The van der Waals surface area contributed by atoms with Crippen molar-refractivity contribution in [2.75, 3.05) is 0 Å². The van der Waals surface area contributed by atoms with Crippen molar-refractivity contribution >= 4 is 5.69 Å². The minimum Gasteiger partial charge on any atom is -0.494 e. The molecule has 3 nitrogen and oxygen atoms in total. The van der Waals surface area contributed by atoms with Crippen LogP contribution in [0.5, 0.6) is 0 Å². The third-order valence-electron chi connectivity index (χ3n) is 1.53. The van der Waals surface area contributed by atoms with Crippen LogP contribution < -0.4 is 0 Å². The van der Waals surface area contributed by atoms with Gasteiger partial charge in [-0.05, 0) is 29.8 Å². The molecular formula is C13H19NO2. The second kappa shape index (κ2) is 8.65. The Morgan fingerprint density at radius 3 is 2.19 bits per heavy atom. The first kappa shape index (κ1) is 14.4. The van der Waals surface area contributed by atoms with Gasteiger partial charge in [0.25, 0.3) is 0 Å². The first-order chi connectivity index (χ1) is 7.63. The number of nitroso groups, excluding NO2 is 1. The van der Waals surface area contributed by atoms with E-state index in [9.17, 15) is 4.91 Å². The summed E-state index contributed by atoms with van der Waals surface area (Å²) in [5, 5.41) is 2.80. The van der Waals surface area contributed by atoms with Crippen molar-refractivity contribution in [3.8, 4) is 0 Å². The Bertz CT molecular complexity index is 317. The van der Waals surface area contributed by atoms with E-state index in [4.69, 9.17) is 4.74 Å². The third kappa shape index (κ3) is 6.76. The first-order valence-corrected chi connectivity index (χ1v) is 5.34. The lowest BCUT2D eigenvalue weighted by molar-refractivity contribution is 0.202. The molecule has 0 spiro atoms. The zero-order valence-electron chi connectivity index (χ0n) is 10.2. The van der Waals surface area contributed by atoms with Crippen LogP contribution in [0.4, 0.5) is 5.69 Å². The molecule has 0 aliphatic rings. The molecule has 1 rings (SSSR count). The van der Waals surface area contributed by atoms with Crippen molar-refractivity contribution in [2.45, 2.75) is 33.8 Å². The molecule has 0 aromatic heterocycles. The lowest BCUT2D eigenvalue weighted by Crippen LogP contribution is -1.88. The van der Waals surface area contributed by atoms with Crippen LogP contribution in [-0.2, 0) is 11.3 Å². The molecule has 88 valence electrons. The van der Waals surface area contributed by atoms with Crippen LogP contribution in [0.2, 0.25) is 0 Å². The third-order valence-corrected chi connectivity index (χ3v) is 1.53. The predicted molar refractivity (Wildman–Crippen MR) is 67.5 cm³/mol. The van der Waals surface area contributed by atoms with Crippen molar-refractivity contribution in [1.82, 2.24) is 0 Å². The van der Waals surface area contributed by atoms with Crippen LogP contribution in [0.1, 0.15) is 32.8 Å². The van der Waals surface area contributed by atoms with E-state index in [0.717, 1.165) is 5.56 Å². The van der Waals surface area contributed by atoms with Gasteiger partial charge in [0.05, 0.1) is 5.76 Å². The number of rotatable bonds is 4. The molecule has 3 heteroatoms.